The molecule has 96 valence electrons. The second-order valence-electron chi connectivity index (χ2n) is 3.77. The summed E-state index contributed by atoms with van der Waals surface area (Å²) in [6, 6.07) is 7.72. The van der Waals surface area contributed by atoms with Crippen LogP contribution in [0, 0.1) is 0 Å². The molecule has 0 fully saturated rings. The lowest BCUT2D eigenvalue weighted by atomic mass is 10.2. The predicted molar refractivity (Wildman–Crippen MR) is 78.3 cm³/mol. The molecule has 0 saturated carbocycles. The van der Waals surface area contributed by atoms with Crippen molar-refractivity contribution in [1.29, 1.82) is 0 Å². The second-order valence-corrected chi connectivity index (χ2v) is 4.69. The zero-order chi connectivity index (χ0) is 13.4. The molecular formula is C14H17BrN2O. The number of nitrogens with one attached hydrogen (secondary N) is 1. The molecule has 2 amide bonds. The number of hydrogen-bond donors (Lipinski definition) is 1. The summed E-state index contributed by atoms with van der Waals surface area (Å²) in [5, 5.41) is 2.87. The van der Waals surface area contributed by atoms with Crippen molar-refractivity contribution in [2.75, 3.05) is 13.1 Å². The number of carbonyl (C=O) groups is 1. The molecule has 1 rings (SSSR count). The van der Waals surface area contributed by atoms with E-state index < -0.39 is 0 Å². The molecule has 18 heavy (non-hydrogen) atoms. The summed E-state index contributed by atoms with van der Waals surface area (Å²) in [4.78, 5) is 13.5. The van der Waals surface area contributed by atoms with Crippen molar-refractivity contribution in [3.63, 3.8) is 0 Å². The minimum atomic E-state index is -0.116. The lowest BCUT2D eigenvalue weighted by Gasteiger charge is -2.19. The van der Waals surface area contributed by atoms with Crippen LogP contribution in [0.25, 0.3) is 0 Å². The molecule has 4 heteroatoms. The maximum Gasteiger partial charge on any atom is 0.318 e. The Morgan fingerprint density at radius 2 is 2.00 bits per heavy atom. The largest absolute Gasteiger partial charge is 0.334 e. The monoisotopic (exact) mass is 308 g/mol. The molecule has 0 aliphatic carbocycles. The van der Waals surface area contributed by atoms with E-state index in [0.29, 0.717) is 19.6 Å². The maximum absolute atomic E-state index is 11.9. The number of amides is 2. The highest BCUT2D eigenvalue weighted by Gasteiger charge is 2.09. The Hall–Kier alpha value is -1.55. The van der Waals surface area contributed by atoms with Crippen molar-refractivity contribution in [2.45, 2.75) is 6.54 Å². The molecule has 0 unspecified atom stereocenters. The van der Waals surface area contributed by atoms with Gasteiger partial charge in [0.1, 0.15) is 0 Å². The van der Waals surface area contributed by atoms with Crippen molar-refractivity contribution >= 4 is 22.0 Å². The van der Waals surface area contributed by atoms with E-state index in [4.69, 9.17) is 0 Å². The van der Waals surface area contributed by atoms with Gasteiger partial charge in [-0.05, 0) is 17.7 Å². The molecule has 0 aliphatic heterocycles. The molecule has 0 atom stereocenters. The van der Waals surface area contributed by atoms with Crippen LogP contribution in [0.4, 0.5) is 4.79 Å². The lowest BCUT2D eigenvalue weighted by Crippen LogP contribution is -2.39. The first-order chi connectivity index (χ1) is 8.67. The summed E-state index contributed by atoms with van der Waals surface area (Å²) in [5.41, 5.74) is 1.05. The van der Waals surface area contributed by atoms with E-state index in [1.807, 2.05) is 24.3 Å². The van der Waals surface area contributed by atoms with Crippen molar-refractivity contribution < 1.29 is 4.79 Å². The fourth-order valence-electron chi connectivity index (χ4n) is 1.49. The summed E-state index contributed by atoms with van der Waals surface area (Å²) in [6.07, 6.45) is 3.39. The molecule has 0 radical (unpaired) electrons. The number of benzene rings is 1. The standard InChI is InChI=1S/C14H17BrN2O/c1-3-8-17(9-4-2)14(18)16-11-12-6-5-7-13(15)10-12/h3-7,10H,1-2,8-9,11H2,(H,16,18). The summed E-state index contributed by atoms with van der Waals surface area (Å²) in [7, 11) is 0. The van der Waals surface area contributed by atoms with E-state index in [2.05, 4.69) is 34.4 Å². The van der Waals surface area contributed by atoms with Crippen molar-refractivity contribution in [3.8, 4) is 0 Å². The third kappa shape index (κ3) is 4.75. The predicted octanol–water partition coefficient (Wildman–Crippen LogP) is 3.33. The van der Waals surface area contributed by atoms with Gasteiger partial charge in [-0.3, -0.25) is 0 Å². The normalized spacial score (nSPS) is 9.61. The number of halogens is 1. The maximum atomic E-state index is 11.9. The quantitative estimate of drug-likeness (QED) is 0.803. The van der Waals surface area contributed by atoms with E-state index in [-0.39, 0.29) is 6.03 Å². The van der Waals surface area contributed by atoms with Gasteiger partial charge in [-0.1, -0.05) is 40.2 Å². The van der Waals surface area contributed by atoms with Crippen LogP contribution in [0.15, 0.2) is 54.0 Å². The Bertz CT molecular complexity index is 422. The summed E-state index contributed by atoms with van der Waals surface area (Å²) >= 11 is 3.40. The van der Waals surface area contributed by atoms with Crippen LogP contribution in [0.5, 0.6) is 0 Å². The van der Waals surface area contributed by atoms with Gasteiger partial charge in [0.05, 0.1) is 0 Å². The molecule has 1 N–H and O–H groups in total. The minimum Gasteiger partial charge on any atom is -0.334 e. The van der Waals surface area contributed by atoms with E-state index in [1.54, 1.807) is 17.1 Å². The minimum absolute atomic E-state index is 0.116. The molecule has 0 bridgehead atoms. The molecule has 0 heterocycles. The Labute approximate surface area is 116 Å². The van der Waals surface area contributed by atoms with E-state index in [1.165, 1.54) is 0 Å². The van der Waals surface area contributed by atoms with Crippen molar-refractivity contribution in [1.82, 2.24) is 10.2 Å². The van der Waals surface area contributed by atoms with E-state index >= 15 is 0 Å². The highest BCUT2D eigenvalue weighted by atomic mass is 79.9. The summed E-state index contributed by atoms with van der Waals surface area (Å²) in [6.45, 7) is 8.79. The number of rotatable bonds is 6. The van der Waals surface area contributed by atoms with Gasteiger partial charge in [0, 0.05) is 24.1 Å². The fraction of sp³-hybridized carbons (Fsp3) is 0.214. The van der Waals surface area contributed by atoms with Crippen LogP contribution in [0.2, 0.25) is 0 Å². The topological polar surface area (TPSA) is 32.3 Å². The smallest absolute Gasteiger partial charge is 0.318 e. The number of urea groups is 1. The Morgan fingerprint density at radius 1 is 1.33 bits per heavy atom. The average molecular weight is 309 g/mol. The van der Waals surface area contributed by atoms with Crippen LogP contribution in [0.1, 0.15) is 5.56 Å². The molecule has 0 aliphatic rings. The van der Waals surface area contributed by atoms with Gasteiger partial charge in [0.2, 0.25) is 0 Å². The average Bonchev–Trinajstić information content (AvgIpc) is 2.36. The van der Waals surface area contributed by atoms with Gasteiger partial charge in [0.25, 0.3) is 0 Å². The first kappa shape index (κ1) is 14.5. The molecule has 0 spiro atoms. The molecule has 1 aromatic rings. The SMILES string of the molecule is C=CCN(CC=C)C(=O)NCc1cccc(Br)c1. The third-order valence-electron chi connectivity index (χ3n) is 2.32. The van der Waals surface area contributed by atoms with Crippen molar-refractivity contribution in [3.05, 3.63) is 59.6 Å². The number of nitrogens with zero attached hydrogens (tertiary/aromatic N) is 1. The molecule has 3 nitrogen and oxygen atoms in total. The van der Waals surface area contributed by atoms with Crippen LogP contribution in [-0.2, 0) is 6.54 Å². The molecule has 1 aromatic carbocycles. The van der Waals surface area contributed by atoms with Gasteiger partial charge in [-0.15, -0.1) is 13.2 Å². The van der Waals surface area contributed by atoms with Crippen LogP contribution in [-0.4, -0.2) is 24.0 Å². The van der Waals surface area contributed by atoms with Crippen LogP contribution in [0.3, 0.4) is 0 Å². The fourth-order valence-corrected chi connectivity index (χ4v) is 1.94. The Morgan fingerprint density at radius 3 is 2.56 bits per heavy atom. The first-order valence-corrected chi connectivity index (χ1v) is 6.45. The van der Waals surface area contributed by atoms with Gasteiger partial charge in [-0.25, -0.2) is 4.79 Å². The molecule has 0 saturated heterocycles. The van der Waals surface area contributed by atoms with Gasteiger partial charge < -0.3 is 10.2 Å². The van der Waals surface area contributed by atoms with Crippen LogP contribution < -0.4 is 5.32 Å². The zero-order valence-electron chi connectivity index (χ0n) is 10.2. The van der Waals surface area contributed by atoms with E-state index in [0.717, 1.165) is 10.0 Å². The van der Waals surface area contributed by atoms with Crippen molar-refractivity contribution in [2.24, 2.45) is 0 Å². The Balaban J connectivity index is 2.53. The lowest BCUT2D eigenvalue weighted by molar-refractivity contribution is 0.208. The highest BCUT2D eigenvalue weighted by molar-refractivity contribution is 9.10. The summed E-state index contributed by atoms with van der Waals surface area (Å²) < 4.78 is 1.00. The third-order valence-corrected chi connectivity index (χ3v) is 2.81. The second kappa shape index (κ2) is 7.71. The Kier molecular flexibility index (Phi) is 6.22. The number of carbonyl (C=O) groups excluding carboxylic acids is 1. The first-order valence-electron chi connectivity index (χ1n) is 5.66. The summed E-state index contributed by atoms with van der Waals surface area (Å²) in [5.74, 6) is 0. The highest BCUT2D eigenvalue weighted by Crippen LogP contribution is 2.11. The molecular weight excluding hydrogens is 292 g/mol. The zero-order valence-corrected chi connectivity index (χ0v) is 11.8. The van der Waals surface area contributed by atoms with E-state index in [9.17, 15) is 4.79 Å². The number of hydrogen-bond acceptors (Lipinski definition) is 1. The van der Waals surface area contributed by atoms with Gasteiger partial charge in [-0.2, -0.15) is 0 Å². The van der Waals surface area contributed by atoms with Gasteiger partial charge in [0.15, 0.2) is 0 Å². The van der Waals surface area contributed by atoms with Crippen LogP contribution >= 0.6 is 15.9 Å². The molecule has 0 aromatic heterocycles. The van der Waals surface area contributed by atoms with Gasteiger partial charge >= 0.3 is 6.03 Å².